The van der Waals surface area contributed by atoms with E-state index in [1.807, 2.05) is 47.8 Å². The first-order chi connectivity index (χ1) is 16.6. The normalized spacial score (nSPS) is 15.5. The summed E-state index contributed by atoms with van der Waals surface area (Å²) in [6, 6.07) is 12.1. The number of nitrogens with zero attached hydrogens (tertiary/aromatic N) is 1. The van der Waals surface area contributed by atoms with Crippen LogP contribution in [0.5, 0.6) is 5.75 Å². The summed E-state index contributed by atoms with van der Waals surface area (Å²) in [7, 11) is -0.795. The van der Waals surface area contributed by atoms with E-state index in [1.165, 1.54) is 45.1 Å². The fourth-order valence-electron chi connectivity index (χ4n) is 3.17. The van der Waals surface area contributed by atoms with E-state index in [2.05, 4.69) is 5.32 Å². The van der Waals surface area contributed by atoms with Gasteiger partial charge in [0.1, 0.15) is 5.75 Å². The van der Waals surface area contributed by atoms with E-state index >= 15 is 0 Å². The van der Waals surface area contributed by atoms with E-state index < -0.39 is 28.0 Å². The molecule has 1 saturated heterocycles. The molecule has 1 aliphatic heterocycles. The molecule has 1 heterocycles. The van der Waals surface area contributed by atoms with Gasteiger partial charge >= 0.3 is 5.97 Å². The molecule has 8 nitrogen and oxygen atoms in total. The smallest absolute Gasteiger partial charge is 0.344 e. The Kier molecular flexibility index (Phi) is 9.51. The Morgan fingerprint density at radius 1 is 1.11 bits per heavy atom. The number of ether oxygens (including phenoxy) is 2. The number of rotatable bonds is 9. The maximum atomic E-state index is 12.6. The maximum absolute atomic E-state index is 12.6. The number of nitrogens with one attached hydrogen (secondary N) is 1. The second kappa shape index (κ2) is 12.2. The van der Waals surface area contributed by atoms with Crippen molar-refractivity contribution in [2.45, 2.75) is 35.8 Å². The van der Waals surface area contributed by atoms with Crippen molar-refractivity contribution in [3.8, 4) is 5.75 Å². The molecule has 190 valence electrons. The summed E-state index contributed by atoms with van der Waals surface area (Å²) >= 11 is 3.87. The summed E-state index contributed by atoms with van der Waals surface area (Å²) in [6.45, 7) is 2.85. The molecule has 1 fully saturated rings. The van der Waals surface area contributed by atoms with E-state index in [-0.39, 0.29) is 11.5 Å². The van der Waals surface area contributed by atoms with Gasteiger partial charge in [-0.2, -0.15) is 0 Å². The topological polar surface area (TPSA) is 102 Å². The van der Waals surface area contributed by atoms with Crippen molar-refractivity contribution in [3.05, 3.63) is 53.6 Å². The third kappa shape index (κ3) is 7.39. The predicted octanol–water partition coefficient (Wildman–Crippen LogP) is 4.06. The number of carbonyl (C=O) groups is 2. The van der Waals surface area contributed by atoms with Gasteiger partial charge in [0.25, 0.3) is 5.91 Å². The van der Waals surface area contributed by atoms with Gasteiger partial charge < -0.3 is 14.8 Å². The second-order valence-corrected chi connectivity index (χ2v) is 13.0. The van der Waals surface area contributed by atoms with Crippen molar-refractivity contribution in [1.29, 1.82) is 0 Å². The van der Waals surface area contributed by atoms with E-state index in [9.17, 15) is 18.0 Å². The lowest BCUT2D eigenvalue weighted by Crippen LogP contribution is -2.32. The quantitative estimate of drug-likeness (QED) is 0.477. The standard InChI is InChI=1S/C24H30N2O6S3/c1-16-6-11-20(35(29,30)26(3)4)14-21(16)25-23(28)17(2)32-22(27)15-31-19-9-7-18(8-10-19)24-33-12-5-13-34-24/h6-11,14,17,24H,5,12-13,15H2,1-4H3,(H,25,28)/t17-/m1/s1. The average Bonchev–Trinajstić information content (AvgIpc) is 2.84. The zero-order valence-corrected chi connectivity index (χ0v) is 22.6. The first-order valence-electron chi connectivity index (χ1n) is 11.1. The maximum Gasteiger partial charge on any atom is 0.344 e. The molecule has 35 heavy (non-hydrogen) atoms. The number of aryl methyl sites for hydroxylation is 1. The number of amides is 1. The van der Waals surface area contributed by atoms with Crippen LogP contribution in [0.3, 0.4) is 0 Å². The highest BCUT2D eigenvalue weighted by Gasteiger charge is 2.22. The zero-order chi connectivity index (χ0) is 25.6. The molecule has 2 aromatic rings. The highest BCUT2D eigenvalue weighted by Crippen LogP contribution is 2.43. The number of esters is 1. The number of thioether (sulfide) groups is 2. The predicted molar refractivity (Wildman–Crippen MR) is 140 cm³/mol. The highest BCUT2D eigenvalue weighted by molar-refractivity contribution is 8.16. The van der Waals surface area contributed by atoms with E-state index in [1.54, 1.807) is 13.0 Å². The van der Waals surface area contributed by atoms with Gasteiger partial charge in [-0.25, -0.2) is 17.5 Å². The molecule has 0 unspecified atom stereocenters. The molecule has 3 rings (SSSR count). The second-order valence-electron chi connectivity index (χ2n) is 8.17. The highest BCUT2D eigenvalue weighted by atomic mass is 32.2. The Morgan fingerprint density at radius 2 is 1.77 bits per heavy atom. The Morgan fingerprint density at radius 3 is 2.40 bits per heavy atom. The number of benzene rings is 2. The third-order valence-corrected chi connectivity index (χ3v) is 10.1. The molecule has 0 aliphatic carbocycles. The van der Waals surface area contributed by atoms with Crippen molar-refractivity contribution >= 4 is 51.1 Å². The van der Waals surface area contributed by atoms with E-state index in [0.717, 1.165) is 15.8 Å². The van der Waals surface area contributed by atoms with Crippen LogP contribution >= 0.6 is 23.5 Å². The van der Waals surface area contributed by atoms with Crippen LogP contribution in [0.2, 0.25) is 0 Å². The minimum Gasteiger partial charge on any atom is -0.482 e. The van der Waals surface area contributed by atoms with Gasteiger partial charge in [-0.1, -0.05) is 18.2 Å². The lowest BCUT2D eigenvalue weighted by atomic mass is 10.2. The molecular weight excluding hydrogens is 508 g/mol. The van der Waals surface area contributed by atoms with Crippen molar-refractivity contribution in [2.75, 3.05) is 37.5 Å². The van der Waals surface area contributed by atoms with Crippen LogP contribution in [0.4, 0.5) is 5.69 Å². The van der Waals surface area contributed by atoms with Gasteiger partial charge in [0.2, 0.25) is 10.0 Å². The van der Waals surface area contributed by atoms with Crippen molar-refractivity contribution in [2.24, 2.45) is 0 Å². The molecule has 0 aromatic heterocycles. The third-order valence-electron chi connectivity index (χ3n) is 5.26. The van der Waals surface area contributed by atoms with Gasteiger partial charge in [-0.05, 0) is 67.2 Å². The molecule has 1 amide bonds. The Bertz CT molecular complexity index is 1150. The lowest BCUT2D eigenvalue weighted by Gasteiger charge is -2.21. The van der Waals surface area contributed by atoms with Crippen LogP contribution in [-0.4, -0.2) is 62.9 Å². The monoisotopic (exact) mass is 538 g/mol. The lowest BCUT2D eigenvalue weighted by molar-refractivity contribution is -0.155. The van der Waals surface area contributed by atoms with Crippen LogP contribution in [0, 0.1) is 6.92 Å². The average molecular weight is 539 g/mol. The first kappa shape index (κ1) is 27.4. The van der Waals surface area contributed by atoms with Gasteiger partial charge in [0, 0.05) is 19.8 Å². The van der Waals surface area contributed by atoms with Gasteiger partial charge in [-0.3, -0.25) is 4.79 Å². The van der Waals surface area contributed by atoms with Crippen LogP contribution in [0.25, 0.3) is 0 Å². The van der Waals surface area contributed by atoms with Crippen molar-refractivity contribution in [1.82, 2.24) is 4.31 Å². The van der Waals surface area contributed by atoms with Crippen molar-refractivity contribution in [3.63, 3.8) is 0 Å². The van der Waals surface area contributed by atoms with Gasteiger partial charge in [-0.15, -0.1) is 23.5 Å². The Hall–Kier alpha value is -2.21. The summed E-state index contributed by atoms with van der Waals surface area (Å²) in [5, 5.41) is 2.63. The Labute approximate surface area is 215 Å². The molecule has 2 aromatic carbocycles. The largest absolute Gasteiger partial charge is 0.482 e. The minimum absolute atomic E-state index is 0.0492. The van der Waals surface area contributed by atoms with Crippen LogP contribution in [0.1, 0.15) is 29.1 Å². The van der Waals surface area contributed by atoms with Crippen LogP contribution in [0.15, 0.2) is 47.4 Å². The fourth-order valence-corrected chi connectivity index (χ4v) is 6.99. The molecular formula is C24H30N2O6S3. The molecule has 0 bridgehead atoms. The summed E-state index contributed by atoms with van der Waals surface area (Å²) in [5.41, 5.74) is 2.22. The van der Waals surface area contributed by atoms with Crippen molar-refractivity contribution < 1.29 is 27.5 Å². The number of anilines is 1. The van der Waals surface area contributed by atoms with Gasteiger partial charge in [0.05, 0.1) is 9.48 Å². The van der Waals surface area contributed by atoms with Crippen LogP contribution in [-0.2, 0) is 24.3 Å². The SMILES string of the molecule is Cc1ccc(S(=O)(=O)N(C)C)cc1NC(=O)[C@@H](C)OC(=O)COc1ccc(C2SCCCS2)cc1. The summed E-state index contributed by atoms with van der Waals surface area (Å²) in [6.07, 6.45) is 0.137. The summed E-state index contributed by atoms with van der Waals surface area (Å²) in [5.74, 6) is 1.60. The summed E-state index contributed by atoms with van der Waals surface area (Å²) in [4.78, 5) is 24.8. The fraction of sp³-hybridized carbons (Fsp3) is 0.417. The molecule has 1 atom stereocenters. The van der Waals surface area contributed by atoms with E-state index in [0.29, 0.717) is 21.6 Å². The zero-order valence-electron chi connectivity index (χ0n) is 20.1. The number of carbonyl (C=O) groups excluding carboxylic acids is 2. The molecule has 0 saturated carbocycles. The minimum atomic E-state index is -3.66. The molecule has 0 spiro atoms. The van der Waals surface area contributed by atoms with E-state index in [4.69, 9.17) is 9.47 Å². The number of sulfonamides is 1. The number of hydrogen-bond donors (Lipinski definition) is 1. The molecule has 1 N–H and O–H groups in total. The summed E-state index contributed by atoms with van der Waals surface area (Å²) < 4.78 is 37.0. The molecule has 1 aliphatic rings. The molecule has 11 heteroatoms. The molecule has 0 radical (unpaired) electrons. The van der Waals surface area contributed by atoms with Gasteiger partial charge in [0.15, 0.2) is 12.7 Å². The Balaban J connectivity index is 1.52. The first-order valence-corrected chi connectivity index (χ1v) is 14.6. The number of hydrogen-bond acceptors (Lipinski definition) is 8. The van der Waals surface area contributed by atoms with Crippen LogP contribution < -0.4 is 10.1 Å².